The zero-order valence-electron chi connectivity index (χ0n) is 10.0. The standard InChI is InChI=1S/C12H14N6/c1-8(12-15-17-18-16-12)14-7-9-2-3-10-4-5-13-11(10)6-9/h2-6,8,13-14H,7H2,1H3,(H,15,16,17,18). The normalized spacial score (nSPS) is 12.9. The minimum absolute atomic E-state index is 0.0723. The summed E-state index contributed by atoms with van der Waals surface area (Å²) in [6.45, 7) is 2.78. The van der Waals surface area contributed by atoms with E-state index in [-0.39, 0.29) is 6.04 Å². The van der Waals surface area contributed by atoms with Crippen LogP contribution in [-0.2, 0) is 6.54 Å². The number of hydrogen-bond acceptors (Lipinski definition) is 4. The van der Waals surface area contributed by atoms with Gasteiger partial charge in [-0.3, -0.25) is 0 Å². The van der Waals surface area contributed by atoms with E-state index < -0.39 is 0 Å². The van der Waals surface area contributed by atoms with E-state index in [2.05, 4.69) is 55.2 Å². The van der Waals surface area contributed by atoms with E-state index in [0.29, 0.717) is 5.82 Å². The predicted octanol–water partition coefficient (Wildman–Crippen LogP) is 1.53. The third-order valence-corrected chi connectivity index (χ3v) is 2.98. The largest absolute Gasteiger partial charge is 0.361 e. The third kappa shape index (κ3) is 2.10. The van der Waals surface area contributed by atoms with Crippen LogP contribution in [0.3, 0.4) is 0 Å². The maximum absolute atomic E-state index is 3.95. The van der Waals surface area contributed by atoms with Crippen LogP contribution in [0, 0.1) is 0 Å². The highest BCUT2D eigenvalue weighted by atomic mass is 15.5. The SMILES string of the molecule is CC(NCc1ccc2cc[nH]c2c1)c1nn[nH]n1. The number of rotatable bonds is 4. The predicted molar refractivity (Wildman–Crippen MR) is 67.7 cm³/mol. The van der Waals surface area contributed by atoms with Gasteiger partial charge in [0.15, 0.2) is 5.82 Å². The van der Waals surface area contributed by atoms with Gasteiger partial charge in [-0.05, 0) is 30.0 Å². The lowest BCUT2D eigenvalue weighted by Gasteiger charge is -2.09. The minimum Gasteiger partial charge on any atom is -0.361 e. The molecule has 3 rings (SSSR count). The number of benzene rings is 1. The van der Waals surface area contributed by atoms with Gasteiger partial charge in [-0.15, -0.1) is 10.2 Å². The highest BCUT2D eigenvalue weighted by Gasteiger charge is 2.09. The molecule has 1 atom stereocenters. The van der Waals surface area contributed by atoms with Crippen LogP contribution in [0.1, 0.15) is 24.4 Å². The van der Waals surface area contributed by atoms with E-state index in [9.17, 15) is 0 Å². The molecule has 0 saturated carbocycles. The van der Waals surface area contributed by atoms with Gasteiger partial charge in [-0.25, -0.2) is 0 Å². The van der Waals surface area contributed by atoms with E-state index in [4.69, 9.17) is 0 Å². The average Bonchev–Trinajstić information content (AvgIpc) is 3.05. The molecule has 1 unspecified atom stereocenters. The molecule has 0 saturated heterocycles. The first-order chi connectivity index (χ1) is 8.83. The Morgan fingerprint density at radius 1 is 1.33 bits per heavy atom. The van der Waals surface area contributed by atoms with Gasteiger partial charge in [0.25, 0.3) is 0 Å². The van der Waals surface area contributed by atoms with Crippen LogP contribution in [0.2, 0.25) is 0 Å². The maximum atomic E-state index is 3.95. The summed E-state index contributed by atoms with van der Waals surface area (Å²) < 4.78 is 0. The Morgan fingerprint density at radius 3 is 3.11 bits per heavy atom. The van der Waals surface area contributed by atoms with Crippen molar-refractivity contribution in [1.82, 2.24) is 30.9 Å². The maximum Gasteiger partial charge on any atom is 0.191 e. The van der Waals surface area contributed by atoms with Crippen molar-refractivity contribution in [3.8, 4) is 0 Å². The number of aromatic amines is 2. The van der Waals surface area contributed by atoms with Crippen LogP contribution in [0.15, 0.2) is 30.5 Å². The third-order valence-electron chi connectivity index (χ3n) is 2.98. The Morgan fingerprint density at radius 2 is 2.28 bits per heavy atom. The molecule has 1 aromatic carbocycles. The molecule has 6 nitrogen and oxygen atoms in total. The molecule has 2 heterocycles. The molecule has 18 heavy (non-hydrogen) atoms. The van der Waals surface area contributed by atoms with E-state index in [1.54, 1.807) is 0 Å². The molecule has 0 aliphatic rings. The lowest BCUT2D eigenvalue weighted by molar-refractivity contribution is 0.547. The summed E-state index contributed by atoms with van der Waals surface area (Å²) >= 11 is 0. The fraction of sp³-hybridized carbons (Fsp3) is 0.250. The van der Waals surface area contributed by atoms with E-state index in [1.165, 1.54) is 10.9 Å². The number of tetrazole rings is 1. The van der Waals surface area contributed by atoms with E-state index >= 15 is 0 Å². The summed E-state index contributed by atoms with van der Waals surface area (Å²) in [5.41, 5.74) is 2.38. The average molecular weight is 242 g/mol. The molecule has 0 aliphatic carbocycles. The van der Waals surface area contributed by atoms with Gasteiger partial charge in [-0.2, -0.15) is 5.21 Å². The first-order valence-corrected chi connectivity index (χ1v) is 5.85. The van der Waals surface area contributed by atoms with E-state index in [1.807, 2.05) is 13.1 Å². The van der Waals surface area contributed by atoms with E-state index in [0.717, 1.165) is 12.1 Å². The lowest BCUT2D eigenvalue weighted by Crippen LogP contribution is -2.19. The smallest absolute Gasteiger partial charge is 0.191 e. The molecular weight excluding hydrogens is 228 g/mol. The second-order valence-corrected chi connectivity index (χ2v) is 4.27. The summed E-state index contributed by atoms with van der Waals surface area (Å²) in [7, 11) is 0. The fourth-order valence-electron chi connectivity index (χ4n) is 1.92. The van der Waals surface area contributed by atoms with Gasteiger partial charge < -0.3 is 10.3 Å². The molecule has 0 spiro atoms. The molecular formula is C12H14N6. The second kappa shape index (κ2) is 4.58. The van der Waals surface area contributed by atoms with Crippen molar-refractivity contribution in [2.75, 3.05) is 0 Å². The fourth-order valence-corrected chi connectivity index (χ4v) is 1.92. The van der Waals surface area contributed by atoms with Crippen LogP contribution in [0.25, 0.3) is 10.9 Å². The molecule has 3 N–H and O–H groups in total. The summed E-state index contributed by atoms with van der Waals surface area (Å²) in [6.07, 6.45) is 1.95. The quantitative estimate of drug-likeness (QED) is 0.648. The lowest BCUT2D eigenvalue weighted by atomic mass is 10.1. The molecule has 0 bridgehead atoms. The zero-order chi connectivity index (χ0) is 12.4. The number of aromatic nitrogens is 5. The summed E-state index contributed by atoms with van der Waals surface area (Å²) in [5, 5.41) is 18.5. The minimum atomic E-state index is 0.0723. The topological polar surface area (TPSA) is 82.3 Å². The Balaban J connectivity index is 1.69. The molecule has 0 fully saturated rings. The summed E-state index contributed by atoms with van der Waals surface area (Å²) in [5.74, 6) is 0.677. The summed E-state index contributed by atoms with van der Waals surface area (Å²) in [6, 6.07) is 8.51. The second-order valence-electron chi connectivity index (χ2n) is 4.27. The molecule has 2 aromatic heterocycles. The van der Waals surface area contributed by atoms with Crippen molar-refractivity contribution in [2.45, 2.75) is 19.5 Å². The van der Waals surface area contributed by atoms with Crippen molar-refractivity contribution in [3.63, 3.8) is 0 Å². The van der Waals surface area contributed by atoms with Crippen LogP contribution < -0.4 is 5.32 Å². The van der Waals surface area contributed by atoms with Crippen molar-refractivity contribution >= 4 is 10.9 Å². The highest BCUT2D eigenvalue weighted by Crippen LogP contribution is 2.14. The number of nitrogens with zero attached hydrogens (tertiary/aromatic N) is 3. The number of hydrogen-bond donors (Lipinski definition) is 3. The number of fused-ring (bicyclic) bond motifs is 1. The van der Waals surface area contributed by atoms with Gasteiger partial charge in [0.05, 0.1) is 6.04 Å². The van der Waals surface area contributed by atoms with Crippen molar-refractivity contribution < 1.29 is 0 Å². The Kier molecular flexibility index (Phi) is 2.77. The molecule has 6 heteroatoms. The monoisotopic (exact) mass is 242 g/mol. The van der Waals surface area contributed by atoms with Gasteiger partial charge in [0.2, 0.25) is 0 Å². The first-order valence-electron chi connectivity index (χ1n) is 5.85. The number of H-pyrrole nitrogens is 2. The zero-order valence-corrected chi connectivity index (χ0v) is 10.0. The van der Waals surface area contributed by atoms with Crippen LogP contribution in [0.5, 0.6) is 0 Å². The van der Waals surface area contributed by atoms with Crippen LogP contribution in [-0.4, -0.2) is 25.6 Å². The molecule has 3 aromatic rings. The van der Waals surface area contributed by atoms with Crippen LogP contribution >= 0.6 is 0 Å². The summed E-state index contributed by atoms with van der Waals surface area (Å²) in [4.78, 5) is 3.21. The van der Waals surface area contributed by atoms with Gasteiger partial charge in [0, 0.05) is 18.3 Å². The molecule has 0 radical (unpaired) electrons. The van der Waals surface area contributed by atoms with Crippen molar-refractivity contribution in [2.24, 2.45) is 0 Å². The van der Waals surface area contributed by atoms with Crippen LogP contribution in [0.4, 0.5) is 0 Å². The van der Waals surface area contributed by atoms with Gasteiger partial charge in [-0.1, -0.05) is 17.3 Å². The van der Waals surface area contributed by atoms with Crippen molar-refractivity contribution in [1.29, 1.82) is 0 Å². The molecule has 92 valence electrons. The number of nitrogens with one attached hydrogen (secondary N) is 3. The van der Waals surface area contributed by atoms with Crippen molar-refractivity contribution in [3.05, 3.63) is 41.9 Å². The Bertz CT molecular complexity index is 627. The highest BCUT2D eigenvalue weighted by molar-refractivity contribution is 5.79. The van der Waals surface area contributed by atoms with Gasteiger partial charge >= 0.3 is 0 Å². The Hall–Kier alpha value is -2.21. The Labute approximate surface area is 104 Å². The molecule has 0 aliphatic heterocycles. The first kappa shape index (κ1) is 10.9. The molecule has 0 amide bonds. The van der Waals surface area contributed by atoms with Gasteiger partial charge in [0.1, 0.15) is 0 Å².